The summed E-state index contributed by atoms with van der Waals surface area (Å²) in [6.45, 7) is 4.60. The van der Waals surface area contributed by atoms with E-state index in [9.17, 15) is 0 Å². The SMILES string of the molecule is Cc1ccc(NC(N)=NCc2cnn(C)c2C)cc1. The summed E-state index contributed by atoms with van der Waals surface area (Å²) in [7, 11) is 1.91. The van der Waals surface area contributed by atoms with Gasteiger partial charge in [0.05, 0.1) is 12.7 Å². The van der Waals surface area contributed by atoms with Crippen molar-refractivity contribution in [3.63, 3.8) is 0 Å². The minimum atomic E-state index is 0.409. The zero-order valence-electron chi connectivity index (χ0n) is 11.5. The Morgan fingerprint density at radius 3 is 2.58 bits per heavy atom. The zero-order chi connectivity index (χ0) is 13.8. The van der Waals surface area contributed by atoms with Crippen molar-refractivity contribution in [1.29, 1.82) is 0 Å². The molecular formula is C14H19N5. The molecule has 5 nitrogen and oxygen atoms in total. The summed E-state index contributed by atoms with van der Waals surface area (Å²) in [6, 6.07) is 8.02. The van der Waals surface area contributed by atoms with E-state index in [-0.39, 0.29) is 0 Å². The fourth-order valence-electron chi connectivity index (χ4n) is 1.69. The summed E-state index contributed by atoms with van der Waals surface area (Å²) in [5, 5.41) is 7.24. The summed E-state index contributed by atoms with van der Waals surface area (Å²) >= 11 is 0. The van der Waals surface area contributed by atoms with Crippen LogP contribution in [0.5, 0.6) is 0 Å². The molecule has 0 fully saturated rings. The summed E-state index contributed by atoms with van der Waals surface area (Å²) in [6.07, 6.45) is 1.82. The quantitative estimate of drug-likeness (QED) is 0.652. The maximum atomic E-state index is 5.86. The van der Waals surface area contributed by atoms with Crippen LogP contribution in [0, 0.1) is 13.8 Å². The molecule has 1 heterocycles. The second-order valence-electron chi connectivity index (χ2n) is 4.57. The van der Waals surface area contributed by atoms with Gasteiger partial charge in [0, 0.05) is 24.0 Å². The highest BCUT2D eigenvalue weighted by Crippen LogP contribution is 2.09. The van der Waals surface area contributed by atoms with Crippen LogP contribution < -0.4 is 11.1 Å². The van der Waals surface area contributed by atoms with E-state index in [4.69, 9.17) is 5.73 Å². The molecular weight excluding hydrogens is 238 g/mol. The Balaban J connectivity index is 1.99. The van der Waals surface area contributed by atoms with Crippen molar-refractivity contribution >= 4 is 11.6 Å². The van der Waals surface area contributed by atoms with Crippen molar-refractivity contribution in [3.8, 4) is 0 Å². The van der Waals surface area contributed by atoms with E-state index in [1.54, 1.807) is 0 Å². The van der Waals surface area contributed by atoms with Crippen LogP contribution >= 0.6 is 0 Å². The number of rotatable bonds is 3. The van der Waals surface area contributed by atoms with Gasteiger partial charge < -0.3 is 11.1 Å². The largest absolute Gasteiger partial charge is 0.370 e. The van der Waals surface area contributed by atoms with Crippen molar-refractivity contribution in [1.82, 2.24) is 9.78 Å². The minimum Gasteiger partial charge on any atom is -0.370 e. The van der Waals surface area contributed by atoms with Crippen molar-refractivity contribution in [2.45, 2.75) is 20.4 Å². The number of nitrogens with zero attached hydrogens (tertiary/aromatic N) is 3. The Morgan fingerprint density at radius 2 is 2.00 bits per heavy atom. The Bertz CT molecular complexity index is 580. The topological polar surface area (TPSA) is 68.2 Å². The number of benzene rings is 1. The number of aliphatic imine (C=N–C) groups is 1. The molecule has 0 saturated carbocycles. The molecule has 19 heavy (non-hydrogen) atoms. The molecule has 0 aliphatic carbocycles. The van der Waals surface area contributed by atoms with Crippen molar-refractivity contribution in [2.75, 3.05) is 5.32 Å². The molecule has 0 spiro atoms. The smallest absolute Gasteiger partial charge is 0.193 e. The van der Waals surface area contributed by atoms with E-state index < -0.39 is 0 Å². The predicted octanol–water partition coefficient (Wildman–Crippen LogP) is 1.96. The lowest BCUT2D eigenvalue weighted by molar-refractivity contribution is 0.737. The van der Waals surface area contributed by atoms with Gasteiger partial charge in [-0.15, -0.1) is 0 Å². The van der Waals surface area contributed by atoms with Gasteiger partial charge in [0.15, 0.2) is 5.96 Å². The summed E-state index contributed by atoms with van der Waals surface area (Å²) < 4.78 is 1.83. The Morgan fingerprint density at radius 1 is 1.32 bits per heavy atom. The van der Waals surface area contributed by atoms with E-state index in [0.717, 1.165) is 16.9 Å². The number of aryl methyl sites for hydroxylation is 2. The van der Waals surface area contributed by atoms with Gasteiger partial charge in [-0.25, -0.2) is 4.99 Å². The lowest BCUT2D eigenvalue weighted by Gasteiger charge is -2.05. The molecule has 0 amide bonds. The number of hydrogen-bond donors (Lipinski definition) is 2. The van der Waals surface area contributed by atoms with Crippen molar-refractivity contribution in [3.05, 3.63) is 47.3 Å². The normalized spacial score (nSPS) is 11.6. The number of hydrogen-bond acceptors (Lipinski definition) is 2. The van der Waals surface area contributed by atoms with E-state index in [1.165, 1.54) is 5.56 Å². The first-order valence-corrected chi connectivity index (χ1v) is 6.17. The van der Waals surface area contributed by atoms with Crippen LogP contribution in [-0.2, 0) is 13.6 Å². The lowest BCUT2D eigenvalue weighted by Crippen LogP contribution is -2.22. The highest BCUT2D eigenvalue weighted by molar-refractivity contribution is 5.92. The third kappa shape index (κ3) is 3.34. The zero-order valence-corrected chi connectivity index (χ0v) is 11.5. The van der Waals surface area contributed by atoms with Gasteiger partial charge in [-0.3, -0.25) is 4.68 Å². The first kappa shape index (κ1) is 13.1. The van der Waals surface area contributed by atoms with Crippen LogP contribution in [0.25, 0.3) is 0 Å². The Labute approximate surface area is 113 Å². The first-order valence-electron chi connectivity index (χ1n) is 6.17. The van der Waals surface area contributed by atoms with E-state index in [0.29, 0.717) is 12.5 Å². The standard InChI is InChI=1S/C14H19N5/c1-10-4-6-13(7-5-10)18-14(15)16-8-12-9-17-19(3)11(12)2/h4-7,9H,8H2,1-3H3,(H3,15,16,18). The average molecular weight is 257 g/mol. The van der Waals surface area contributed by atoms with E-state index in [1.807, 2.05) is 56.0 Å². The second kappa shape index (κ2) is 5.56. The third-order valence-corrected chi connectivity index (χ3v) is 3.08. The molecule has 5 heteroatoms. The summed E-state index contributed by atoms with van der Waals surface area (Å²) in [5.41, 5.74) is 10.2. The molecule has 0 aliphatic rings. The minimum absolute atomic E-state index is 0.409. The molecule has 0 atom stereocenters. The van der Waals surface area contributed by atoms with Gasteiger partial charge in [0.25, 0.3) is 0 Å². The number of nitrogens with one attached hydrogen (secondary N) is 1. The third-order valence-electron chi connectivity index (χ3n) is 3.08. The average Bonchev–Trinajstić information content (AvgIpc) is 2.70. The molecule has 100 valence electrons. The van der Waals surface area contributed by atoms with E-state index >= 15 is 0 Å². The van der Waals surface area contributed by atoms with Gasteiger partial charge in [-0.05, 0) is 26.0 Å². The molecule has 1 aromatic carbocycles. The van der Waals surface area contributed by atoms with Crippen molar-refractivity contribution in [2.24, 2.45) is 17.8 Å². The van der Waals surface area contributed by atoms with Gasteiger partial charge in [-0.2, -0.15) is 5.10 Å². The number of nitrogens with two attached hydrogens (primary N) is 1. The molecule has 0 aliphatic heterocycles. The molecule has 2 rings (SSSR count). The van der Waals surface area contributed by atoms with Crippen LogP contribution in [0.1, 0.15) is 16.8 Å². The molecule has 3 N–H and O–H groups in total. The van der Waals surface area contributed by atoms with Crippen molar-refractivity contribution < 1.29 is 0 Å². The van der Waals surface area contributed by atoms with Crippen LogP contribution in [0.2, 0.25) is 0 Å². The molecule has 0 saturated heterocycles. The maximum Gasteiger partial charge on any atom is 0.193 e. The van der Waals surface area contributed by atoms with Crippen LogP contribution in [-0.4, -0.2) is 15.7 Å². The van der Waals surface area contributed by atoms with Crippen LogP contribution in [0.15, 0.2) is 35.5 Å². The van der Waals surface area contributed by atoms with Gasteiger partial charge in [0.2, 0.25) is 0 Å². The van der Waals surface area contributed by atoms with Gasteiger partial charge in [0.1, 0.15) is 0 Å². The molecule has 1 aromatic heterocycles. The lowest BCUT2D eigenvalue weighted by atomic mass is 10.2. The van der Waals surface area contributed by atoms with Gasteiger partial charge in [-0.1, -0.05) is 17.7 Å². The molecule has 0 radical (unpaired) electrons. The predicted molar refractivity (Wildman–Crippen MR) is 78.1 cm³/mol. The maximum absolute atomic E-state index is 5.86. The van der Waals surface area contributed by atoms with Crippen LogP contribution in [0.3, 0.4) is 0 Å². The summed E-state index contributed by atoms with van der Waals surface area (Å²) in [5.74, 6) is 0.409. The molecule has 2 aromatic rings. The monoisotopic (exact) mass is 257 g/mol. The molecule has 0 bridgehead atoms. The number of aromatic nitrogens is 2. The summed E-state index contributed by atoms with van der Waals surface area (Å²) in [4.78, 5) is 4.32. The second-order valence-corrected chi connectivity index (χ2v) is 4.57. The number of guanidine groups is 1. The van der Waals surface area contributed by atoms with E-state index in [2.05, 4.69) is 15.4 Å². The highest BCUT2D eigenvalue weighted by atomic mass is 15.3. The Kier molecular flexibility index (Phi) is 3.85. The Hall–Kier alpha value is -2.30. The van der Waals surface area contributed by atoms with Crippen LogP contribution in [0.4, 0.5) is 5.69 Å². The fourth-order valence-corrected chi connectivity index (χ4v) is 1.69. The number of anilines is 1. The highest BCUT2D eigenvalue weighted by Gasteiger charge is 2.02. The van der Waals surface area contributed by atoms with Gasteiger partial charge >= 0.3 is 0 Å². The molecule has 0 unspecified atom stereocenters. The first-order chi connectivity index (χ1) is 9.06. The fraction of sp³-hybridized carbons (Fsp3) is 0.286.